The Bertz CT molecular complexity index is 576. The van der Waals surface area contributed by atoms with E-state index in [4.69, 9.17) is 16.3 Å². The van der Waals surface area contributed by atoms with Gasteiger partial charge < -0.3 is 4.74 Å². The van der Waals surface area contributed by atoms with Crippen molar-refractivity contribution in [2.75, 3.05) is 23.5 Å². The molecule has 0 aliphatic carbocycles. The number of methoxy groups -OCH3 is 1. The number of hydrogen-bond donors (Lipinski definition) is 1. The fraction of sp³-hybridized carbons (Fsp3) is 0.455. The van der Waals surface area contributed by atoms with Crippen LogP contribution in [0.3, 0.4) is 0 Å². The van der Waals surface area contributed by atoms with Crippen molar-refractivity contribution in [1.82, 2.24) is 0 Å². The minimum atomic E-state index is -3.54. The summed E-state index contributed by atoms with van der Waals surface area (Å²) < 4.78 is 30.6. The van der Waals surface area contributed by atoms with Gasteiger partial charge in [0.2, 0.25) is 10.0 Å². The maximum absolute atomic E-state index is 11.8. The summed E-state index contributed by atoms with van der Waals surface area (Å²) in [4.78, 5) is 10.2. The van der Waals surface area contributed by atoms with Gasteiger partial charge in [-0.3, -0.25) is 14.8 Å². The van der Waals surface area contributed by atoms with Crippen LogP contribution >= 0.6 is 11.6 Å². The quantitative estimate of drug-likeness (QED) is 0.343. The number of ether oxygens (including phenoxy) is 1. The SMILES string of the molecule is COc1ccc(NS(=O)(=O)CCCCCl)cc1[N+](=O)[O-]. The normalized spacial score (nSPS) is 11.1. The molecule has 0 saturated heterocycles. The van der Waals surface area contributed by atoms with E-state index < -0.39 is 14.9 Å². The molecule has 1 rings (SSSR count). The van der Waals surface area contributed by atoms with Crippen LogP contribution in [-0.2, 0) is 10.0 Å². The molecule has 0 heterocycles. The minimum absolute atomic E-state index is 0.0695. The van der Waals surface area contributed by atoms with Gasteiger partial charge in [0.15, 0.2) is 5.75 Å². The van der Waals surface area contributed by atoms with Gasteiger partial charge in [0.25, 0.3) is 0 Å². The van der Waals surface area contributed by atoms with E-state index in [1.807, 2.05) is 0 Å². The standard InChI is InChI=1S/C11H15ClN2O5S/c1-19-11-5-4-9(8-10(11)14(15)16)13-20(17,18)7-3-2-6-12/h4-5,8,13H,2-3,6-7H2,1H3. The van der Waals surface area contributed by atoms with Crippen molar-refractivity contribution in [3.05, 3.63) is 28.3 Å². The number of nitro benzene ring substituents is 1. The molecular weight excluding hydrogens is 308 g/mol. The molecule has 0 aromatic heterocycles. The Kier molecular flexibility index (Phi) is 6.03. The van der Waals surface area contributed by atoms with Crippen LogP contribution in [0.15, 0.2) is 18.2 Å². The van der Waals surface area contributed by atoms with Crippen molar-refractivity contribution >= 4 is 33.0 Å². The number of unbranched alkanes of at least 4 members (excludes halogenated alkanes) is 1. The van der Waals surface area contributed by atoms with Gasteiger partial charge in [-0.1, -0.05) is 0 Å². The van der Waals surface area contributed by atoms with Crippen LogP contribution in [0.25, 0.3) is 0 Å². The lowest BCUT2D eigenvalue weighted by Crippen LogP contribution is -2.16. The molecule has 0 unspecified atom stereocenters. The Hall–Kier alpha value is -1.54. The highest BCUT2D eigenvalue weighted by Crippen LogP contribution is 2.30. The average molecular weight is 323 g/mol. The lowest BCUT2D eigenvalue weighted by Gasteiger charge is -2.08. The third kappa shape index (κ3) is 4.86. The predicted octanol–water partition coefficient (Wildman–Crippen LogP) is 2.36. The Morgan fingerprint density at radius 1 is 1.40 bits per heavy atom. The zero-order valence-corrected chi connectivity index (χ0v) is 12.4. The molecule has 7 nitrogen and oxygen atoms in total. The van der Waals surface area contributed by atoms with Crippen LogP contribution < -0.4 is 9.46 Å². The number of sulfonamides is 1. The van der Waals surface area contributed by atoms with E-state index >= 15 is 0 Å². The van der Waals surface area contributed by atoms with Crippen molar-refractivity contribution < 1.29 is 18.1 Å². The number of nitrogens with one attached hydrogen (secondary N) is 1. The third-order valence-electron chi connectivity index (χ3n) is 2.45. The molecule has 0 radical (unpaired) electrons. The van der Waals surface area contributed by atoms with Gasteiger partial charge in [0, 0.05) is 11.9 Å². The summed E-state index contributed by atoms with van der Waals surface area (Å²) in [7, 11) is -2.24. The number of nitro groups is 1. The molecule has 0 fully saturated rings. The molecule has 0 aliphatic heterocycles. The van der Waals surface area contributed by atoms with Crippen molar-refractivity contribution in [3.63, 3.8) is 0 Å². The predicted molar refractivity (Wildman–Crippen MR) is 77.0 cm³/mol. The molecule has 112 valence electrons. The van der Waals surface area contributed by atoms with Crippen LogP contribution in [0.2, 0.25) is 0 Å². The highest BCUT2D eigenvalue weighted by Gasteiger charge is 2.17. The maximum Gasteiger partial charge on any atom is 0.312 e. The van der Waals surface area contributed by atoms with E-state index in [-0.39, 0.29) is 22.9 Å². The highest BCUT2D eigenvalue weighted by atomic mass is 35.5. The molecule has 20 heavy (non-hydrogen) atoms. The molecule has 0 saturated carbocycles. The Morgan fingerprint density at radius 3 is 2.65 bits per heavy atom. The minimum Gasteiger partial charge on any atom is -0.490 e. The van der Waals surface area contributed by atoms with Crippen LogP contribution in [0, 0.1) is 10.1 Å². The van der Waals surface area contributed by atoms with Gasteiger partial charge in [-0.25, -0.2) is 8.42 Å². The molecule has 0 amide bonds. The van der Waals surface area contributed by atoms with Crippen molar-refractivity contribution in [1.29, 1.82) is 0 Å². The van der Waals surface area contributed by atoms with E-state index in [2.05, 4.69) is 4.72 Å². The van der Waals surface area contributed by atoms with Crippen LogP contribution in [0.1, 0.15) is 12.8 Å². The van der Waals surface area contributed by atoms with E-state index in [0.29, 0.717) is 18.7 Å². The van der Waals surface area contributed by atoms with Gasteiger partial charge >= 0.3 is 5.69 Å². The maximum atomic E-state index is 11.8. The summed E-state index contributed by atoms with van der Waals surface area (Å²) in [5.41, 5.74) is -0.170. The van der Waals surface area contributed by atoms with Crippen LogP contribution in [0.5, 0.6) is 5.75 Å². The van der Waals surface area contributed by atoms with Gasteiger partial charge in [-0.2, -0.15) is 0 Å². The summed E-state index contributed by atoms with van der Waals surface area (Å²) in [5.74, 6) is 0.378. The summed E-state index contributed by atoms with van der Waals surface area (Å²) in [6.07, 6.45) is 1.02. The Labute approximate surface area is 122 Å². The van der Waals surface area contributed by atoms with Gasteiger partial charge in [-0.05, 0) is 25.0 Å². The number of halogens is 1. The summed E-state index contributed by atoms with van der Waals surface area (Å²) in [6, 6.07) is 3.87. The molecule has 0 spiro atoms. The molecule has 9 heteroatoms. The first kappa shape index (κ1) is 16.5. The fourth-order valence-corrected chi connectivity index (χ4v) is 2.87. The number of benzene rings is 1. The lowest BCUT2D eigenvalue weighted by molar-refractivity contribution is -0.385. The van der Waals surface area contributed by atoms with E-state index in [1.54, 1.807) is 0 Å². The number of hydrogen-bond acceptors (Lipinski definition) is 5. The average Bonchev–Trinajstić information content (AvgIpc) is 2.38. The van der Waals surface area contributed by atoms with Crippen LogP contribution in [0.4, 0.5) is 11.4 Å². The summed E-state index contributed by atoms with van der Waals surface area (Å²) in [6.45, 7) is 0. The first-order valence-corrected chi connectivity index (χ1v) is 7.97. The van der Waals surface area contributed by atoms with Crippen molar-refractivity contribution in [2.24, 2.45) is 0 Å². The van der Waals surface area contributed by atoms with E-state index in [0.717, 1.165) is 6.07 Å². The Balaban J connectivity index is 2.87. The van der Waals surface area contributed by atoms with Gasteiger partial charge in [0.1, 0.15) is 0 Å². The first-order chi connectivity index (χ1) is 9.39. The summed E-state index contributed by atoms with van der Waals surface area (Å²) >= 11 is 5.48. The Morgan fingerprint density at radius 2 is 2.10 bits per heavy atom. The number of alkyl halides is 1. The van der Waals surface area contributed by atoms with Gasteiger partial charge in [0.05, 0.1) is 23.5 Å². The molecule has 0 atom stereocenters. The smallest absolute Gasteiger partial charge is 0.312 e. The number of rotatable bonds is 8. The fourth-order valence-electron chi connectivity index (χ4n) is 1.51. The second kappa shape index (κ2) is 7.30. The van der Waals surface area contributed by atoms with Gasteiger partial charge in [-0.15, -0.1) is 11.6 Å². The molecule has 0 bridgehead atoms. The van der Waals surface area contributed by atoms with E-state index in [1.165, 1.54) is 19.2 Å². The third-order valence-corrected chi connectivity index (χ3v) is 4.09. The topological polar surface area (TPSA) is 98.5 Å². The van der Waals surface area contributed by atoms with E-state index in [9.17, 15) is 18.5 Å². The highest BCUT2D eigenvalue weighted by molar-refractivity contribution is 7.92. The number of anilines is 1. The molecule has 1 aromatic carbocycles. The van der Waals surface area contributed by atoms with Crippen molar-refractivity contribution in [3.8, 4) is 5.75 Å². The van der Waals surface area contributed by atoms with Crippen molar-refractivity contribution in [2.45, 2.75) is 12.8 Å². The zero-order chi connectivity index (χ0) is 15.2. The molecule has 0 aliphatic rings. The molecule has 1 N–H and O–H groups in total. The second-order valence-corrected chi connectivity index (χ2v) is 6.18. The largest absolute Gasteiger partial charge is 0.490 e. The molecular formula is C11H15ClN2O5S. The lowest BCUT2D eigenvalue weighted by atomic mass is 10.2. The zero-order valence-electron chi connectivity index (χ0n) is 10.8. The monoisotopic (exact) mass is 322 g/mol. The van der Waals surface area contributed by atoms with Crippen LogP contribution in [-0.4, -0.2) is 32.1 Å². The summed E-state index contributed by atoms with van der Waals surface area (Å²) in [5, 5.41) is 10.8. The molecule has 1 aromatic rings. The number of nitrogens with zero attached hydrogens (tertiary/aromatic N) is 1. The second-order valence-electron chi connectivity index (χ2n) is 3.96. The first-order valence-electron chi connectivity index (χ1n) is 5.78.